The molecule has 0 spiro atoms. The SMILES string of the molecule is CCC/C(N)=C/N(N)CC/C=C/C(=O)OCC. The van der Waals surface area contributed by atoms with E-state index in [0.717, 1.165) is 18.5 Å². The van der Waals surface area contributed by atoms with Gasteiger partial charge in [0.05, 0.1) is 6.61 Å². The maximum Gasteiger partial charge on any atom is 0.330 e. The van der Waals surface area contributed by atoms with Gasteiger partial charge in [0.1, 0.15) is 0 Å². The average molecular weight is 241 g/mol. The van der Waals surface area contributed by atoms with Gasteiger partial charge >= 0.3 is 5.97 Å². The van der Waals surface area contributed by atoms with Crippen LogP contribution in [0.25, 0.3) is 0 Å². The van der Waals surface area contributed by atoms with E-state index < -0.39 is 0 Å². The predicted octanol–water partition coefficient (Wildman–Crippen LogP) is 1.27. The Labute approximate surface area is 103 Å². The van der Waals surface area contributed by atoms with Crippen molar-refractivity contribution in [1.82, 2.24) is 5.01 Å². The van der Waals surface area contributed by atoms with Crippen LogP contribution in [0.3, 0.4) is 0 Å². The summed E-state index contributed by atoms with van der Waals surface area (Å²) < 4.78 is 4.74. The molecule has 0 unspecified atom stereocenters. The number of esters is 1. The summed E-state index contributed by atoms with van der Waals surface area (Å²) in [5.41, 5.74) is 6.49. The van der Waals surface area contributed by atoms with Crippen molar-refractivity contribution in [2.45, 2.75) is 33.1 Å². The molecule has 0 saturated heterocycles. The molecule has 0 rings (SSSR count). The van der Waals surface area contributed by atoms with Crippen LogP contribution in [0.15, 0.2) is 24.0 Å². The van der Waals surface area contributed by atoms with Crippen molar-refractivity contribution in [3.05, 3.63) is 24.0 Å². The van der Waals surface area contributed by atoms with Crippen molar-refractivity contribution >= 4 is 5.97 Å². The van der Waals surface area contributed by atoms with Gasteiger partial charge in [0.25, 0.3) is 0 Å². The molecule has 0 amide bonds. The minimum absolute atomic E-state index is 0.322. The molecule has 4 N–H and O–H groups in total. The molecule has 5 nitrogen and oxygen atoms in total. The molecule has 0 aliphatic carbocycles. The zero-order valence-electron chi connectivity index (χ0n) is 10.7. The van der Waals surface area contributed by atoms with Gasteiger partial charge < -0.3 is 15.5 Å². The number of carbonyl (C=O) groups is 1. The summed E-state index contributed by atoms with van der Waals surface area (Å²) in [5.74, 6) is 5.39. The Hall–Kier alpha value is -1.49. The second kappa shape index (κ2) is 9.72. The molecule has 0 aromatic rings. The molecular formula is C12H23N3O2. The molecule has 0 fully saturated rings. The number of rotatable bonds is 8. The van der Waals surface area contributed by atoms with Crippen molar-refractivity contribution < 1.29 is 9.53 Å². The van der Waals surface area contributed by atoms with Crippen LogP contribution < -0.4 is 11.6 Å². The van der Waals surface area contributed by atoms with Crippen molar-refractivity contribution in [3.8, 4) is 0 Å². The van der Waals surface area contributed by atoms with E-state index in [9.17, 15) is 4.79 Å². The standard InChI is InChI=1S/C12H23N3O2/c1-3-7-11(13)10-15(14)9-6-5-8-12(16)17-4-2/h5,8,10H,3-4,6-7,9,13-14H2,1-2H3/b8-5+,11-10-. The third kappa shape index (κ3) is 9.44. The van der Waals surface area contributed by atoms with Gasteiger partial charge in [-0.15, -0.1) is 0 Å². The molecule has 0 aliphatic rings. The van der Waals surface area contributed by atoms with Gasteiger partial charge in [-0.1, -0.05) is 19.4 Å². The number of nitrogens with zero attached hydrogens (tertiary/aromatic N) is 1. The Balaban J connectivity index is 3.81. The van der Waals surface area contributed by atoms with Crippen LogP contribution in [-0.4, -0.2) is 24.1 Å². The molecule has 0 bridgehead atoms. The third-order valence-electron chi connectivity index (χ3n) is 1.96. The van der Waals surface area contributed by atoms with Crippen LogP contribution in [0.4, 0.5) is 0 Å². The first-order chi connectivity index (χ1) is 8.10. The maximum absolute atomic E-state index is 11.0. The maximum atomic E-state index is 11.0. The average Bonchev–Trinajstić information content (AvgIpc) is 2.25. The number of ether oxygens (including phenoxy) is 1. The van der Waals surface area contributed by atoms with Gasteiger partial charge in [0.15, 0.2) is 0 Å². The van der Waals surface area contributed by atoms with E-state index >= 15 is 0 Å². The van der Waals surface area contributed by atoms with Gasteiger partial charge in [0.2, 0.25) is 0 Å². The van der Waals surface area contributed by atoms with E-state index in [-0.39, 0.29) is 5.97 Å². The molecule has 0 atom stereocenters. The highest BCUT2D eigenvalue weighted by molar-refractivity contribution is 5.81. The second-order valence-electron chi connectivity index (χ2n) is 3.63. The normalized spacial score (nSPS) is 11.8. The van der Waals surface area contributed by atoms with E-state index in [4.69, 9.17) is 16.3 Å². The quantitative estimate of drug-likeness (QED) is 0.289. The van der Waals surface area contributed by atoms with Crippen LogP contribution in [0.5, 0.6) is 0 Å². The Morgan fingerprint density at radius 3 is 2.71 bits per heavy atom. The summed E-state index contributed by atoms with van der Waals surface area (Å²) in [6, 6.07) is 0. The fourth-order valence-electron chi connectivity index (χ4n) is 1.22. The summed E-state index contributed by atoms with van der Waals surface area (Å²) in [6.45, 7) is 4.83. The zero-order chi connectivity index (χ0) is 13.1. The smallest absolute Gasteiger partial charge is 0.330 e. The van der Waals surface area contributed by atoms with E-state index in [1.165, 1.54) is 11.1 Å². The Bertz CT molecular complexity index is 275. The number of allylic oxidation sites excluding steroid dienone is 1. The summed E-state index contributed by atoms with van der Waals surface area (Å²) >= 11 is 0. The predicted molar refractivity (Wildman–Crippen MR) is 68.5 cm³/mol. The Kier molecular flexibility index (Phi) is 8.86. The molecular weight excluding hydrogens is 218 g/mol. The number of nitrogens with two attached hydrogens (primary N) is 2. The molecule has 5 heteroatoms. The fraction of sp³-hybridized carbons (Fsp3) is 0.583. The van der Waals surface area contributed by atoms with Crippen LogP contribution in [0, 0.1) is 0 Å². The van der Waals surface area contributed by atoms with Crippen molar-refractivity contribution in [1.29, 1.82) is 0 Å². The molecule has 17 heavy (non-hydrogen) atoms. The highest BCUT2D eigenvalue weighted by Crippen LogP contribution is 1.98. The minimum Gasteiger partial charge on any atom is -0.463 e. The number of carbonyl (C=O) groups excluding carboxylic acids is 1. The number of hydrogen-bond acceptors (Lipinski definition) is 5. The van der Waals surface area contributed by atoms with E-state index in [1.807, 2.05) is 0 Å². The number of hydrazine groups is 1. The van der Waals surface area contributed by atoms with E-state index in [1.54, 1.807) is 19.2 Å². The topological polar surface area (TPSA) is 81.6 Å². The molecule has 98 valence electrons. The molecule has 0 radical (unpaired) electrons. The van der Waals surface area contributed by atoms with Gasteiger partial charge in [0, 0.05) is 24.5 Å². The summed E-state index contributed by atoms with van der Waals surface area (Å²) in [4.78, 5) is 11.0. The van der Waals surface area contributed by atoms with Crippen molar-refractivity contribution in [2.24, 2.45) is 11.6 Å². The first-order valence-corrected chi connectivity index (χ1v) is 5.90. The van der Waals surface area contributed by atoms with Gasteiger partial charge in [-0.05, 0) is 19.8 Å². The Morgan fingerprint density at radius 1 is 1.41 bits per heavy atom. The lowest BCUT2D eigenvalue weighted by Gasteiger charge is -2.13. The highest BCUT2D eigenvalue weighted by Gasteiger charge is 1.95. The van der Waals surface area contributed by atoms with Crippen LogP contribution in [-0.2, 0) is 9.53 Å². The lowest BCUT2D eigenvalue weighted by Crippen LogP contribution is -2.27. The van der Waals surface area contributed by atoms with Crippen molar-refractivity contribution in [2.75, 3.05) is 13.2 Å². The summed E-state index contributed by atoms with van der Waals surface area (Å²) in [7, 11) is 0. The zero-order valence-corrected chi connectivity index (χ0v) is 10.7. The summed E-state index contributed by atoms with van der Waals surface area (Å²) in [6.07, 6.45) is 7.39. The number of hydrogen-bond donors (Lipinski definition) is 2. The molecule has 0 aliphatic heterocycles. The minimum atomic E-state index is -0.322. The molecule has 0 aromatic carbocycles. The summed E-state index contributed by atoms with van der Waals surface area (Å²) in [5, 5.41) is 1.53. The van der Waals surface area contributed by atoms with E-state index in [0.29, 0.717) is 19.6 Å². The lowest BCUT2D eigenvalue weighted by atomic mass is 10.3. The first-order valence-electron chi connectivity index (χ1n) is 5.90. The largest absolute Gasteiger partial charge is 0.463 e. The molecule has 0 heterocycles. The first kappa shape index (κ1) is 15.5. The van der Waals surface area contributed by atoms with Gasteiger partial charge in [-0.2, -0.15) is 0 Å². The monoisotopic (exact) mass is 241 g/mol. The van der Waals surface area contributed by atoms with E-state index in [2.05, 4.69) is 6.92 Å². The molecule has 0 aromatic heterocycles. The van der Waals surface area contributed by atoms with Crippen molar-refractivity contribution in [3.63, 3.8) is 0 Å². The van der Waals surface area contributed by atoms with Crippen LogP contribution in [0.1, 0.15) is 33.1 Å². The highest BCUT2D eigenvalue weighted by atomic mass is 16.5. The Morgan fingerprint density at radius 2 is 2.12 bits per heavy atom. The van der Waals surface area contributed by atoms with Crippen LogP contribution in [0.2, 0.25) is 0 Å². The lowest BCUT2D eigenvalue weighted by molar-refractivity contribution is -0.137. The molecule has 0 saturated carbocycles. The second-order valence-corrected chi connectivity index (χ2v) is 3.63. The fourth-order valence-corrected chi connectivity index (χ4v) is 1.22. The van der Waals surface area contributed by atoms with Crippen LogP contribution >= 0.6 is 0 Å². The van der Waals surface area contributed by atoms with Gasteiger partial charge in [-0.25, -0.2) is 10.6 Å². The van der Waals surface area contributed by atoms with Gasteiger partial charge in [-0.3, -0.25) is 0 Å². The third-order valence-corrected chi connectivity index (χ3v) is 1.96.